The van der Waals surface area contributed by atoms with Crippen LogP contribution in [-0.2, 0) is 0 Å². The van der Waals surface area contributed by atoms with E-state index in [0.717, 1.165) is 123 Å². The van der Waals surface area contributed by atoms with Crippen LogP contribution in [0.25, 0.3) is 177 Å². The Bertz CT molecular complexity index is 7370. The smallest absolute Gasteiger partial charge is 0.165 e. The van der Waals surface area contributed by atoms with Gasteiger partial charge in [-0.2, -0.15) is 10.5 Å². The lowest BCUT2D eigenvalue weighted by Crippen LogP contribution is -2.04. The fourth-order valence-electron chi connectivity index (χ4n) is 17.6. The maximum absolute atomic E-state index is 10.2. The van der Waals surface area contributed by atoms with Gasteiger partial charge in [0, 0.05) is 65.3 Å². The van der Waals surface area contributed by atoms with E-state index in [-0.39, 0.29) is 0 Å². The van der Waals surface area contributed by atoms with Crippen LogP contribution in [0.2, 0.25) is 0 Å². The van der Waals surface area contributed by atoms with Crippen LogP contribution < -0.4 is 0 Å². The van der Waals surface area contributed by atoms with Crippen LogP contribution in [0.3, 0.4) is 0 Å². The van der Waals surface area contributed by atoms with Gasteiger partial charge in [-0.3, -0.25) is 0 Å². The molecule has 6 aromatic heterocycles. The Hall–Kier alpha value is -14.7. The van der Waals surface area contributed by atoms with Crippen molar-refractivity contribution in [1.82, 2.24) is 48.2 Å². The molecule has 20 rings (SSSR count). The Morgan fingerprint density at radius 2 is 0.448 bits per heavy atom. The lowest BCUT2D eigenvalue weighted by molar-refractivity contribution is 0.926. The van der Waals surface area contributed by atoms with Gasteiger partial charge < -0.3 is 18.3 Å². The standard InChI is InChI=1S/2C52H40N6/c1-30-11-18-46-41(23-30)42-24-31(2)12-19-47(42)57(46)50-22-16-36(27-45(50)52-55-34(5)54-35(6)56-52)40-17-15-37(39-10-8-7-9-38(39)29-53)28-51(40)58-48-20-13-32(3)25-43(48)44-26-33(4)14-21-49(44)58;1-30-11-17-47-41(23-30)42-24-31(2)12-18-48(42)57(47)46-21-15-36(39-10-8-7-9-38(39)29-53)27-40(46)37-16-22-51(45(28-37)52-55-34(5)54-35(6)56-52)58-49-19-13-32(3)25-43(49)44-26-33(4)14-20-50(44)58/h2*7-28H,1-6H3. The molecule has 14 aromatic carbocycles. The highest BCUT2D eigenvalue weighted by atomic mass is 15.1. The van der Waals surface area contributed by atoms with E-state index in [0.29, 0.717) is 46.1 Å². The zero-order valence-corrected chi connectivity index (χ0v) is 66.8. The molecule has 0 saturated heterocycles. The van der Waals surface area contributed by atoms with Crippen molar-refractivity contribution in [3.63, 3.8) is 0 Å². The molecule has 0 aliphatic carbocycles. The first-order chi connectivity index (χ1) is 56.3. The molecule has 0 spiro atoms. The van der Waals surface area contributed by atoms with Crippen molar-refractivity contribution in [2.75, 3.05) is 0 Å². The highest BCUT2D eigenvalue weighted by Crippen LogP contribution is 2.47. The monoisotopic (exact) mass is 1500 g/mol. The third kappa shape index (κ3) is 12.3. The van der Waals surface area contributed by atoms with E-state index in [4.69, 9.17) is 19.9 Å². The van der Waals surface area contributed by atoms with Crippen molar-refractivity contribution in [1.29, 1.82) is 10.5 Å². The highest BCUT2D eigenvalue weighted by Gasteiger charge is 2.27. The summed E-state index contributed by atoms with van der Waals surface area (Å²) in [5.41, 5.74) is 33.6. The number of aromatic nitrogens is 10. The number of hydrogen-bond acceptors (Lipinski definition) is 8. The Kier molecular flexibility index (Phi) is 17.4. The molecular formula is C104H80N12. The summed E-state index contributed by atoms with van der Waals surface area (Å²) < 4.78 is 9.49. The summed E-state index contributed by atoms with van der Waals surface area (Å²) in [7, 11) is 0. The number of hydrogen-bond donors (Lipinski definition) is 0. The van der Waals surface area contributed by atoms with Gasteiger partial charge in [-0.15, -0.1) is 0 Å². The van der Waals surface area contributed by atoms with E-state index in [1.165, 1.54) is 87.6 Å². The molecule has 0 N–H and O–H groups in total. The molecule has 0 aliphatic rings. The first-order valence-electron chi connectivity index (χ1n) is 39.3. The van der Waals surface area contributed by atoms with E-state index in [1.807, 2.05) is 76.2 Å². The van der Waals surface area contributed by atoms with Gasteiger partial charge >= 0.3 is 0 Å². The Morgan fingerprint density at radius 1 is 0.207 bits per heavy atom. The Balaban J connectivity index is 0.000000155. The number of benzene rings is 14. The minimum absolute atomic E-state index is 0.617. The average molecular weight is 1500 g/mol. The molecule has 0 bridgehead atoms. The largest absolute Gasteiger partial charge is 0.309 e. The molecular weight excluding hydrogens is 1420 g/mol. The lowest BCUT2D eigenvalue weighted by Gasteiger charge is -2.19. The van der Waals surface area contributed by atoms with E-state index < -0.39 is 0 Å². The number of fused-ring (bicyclic) bond motifs is 12. The van der Waals surface area contributed by atoms with Crippen LogP contribution in [0, 0.1) is 106 Å². The molecule has 20 aromatic rings. The molecule has 0 amide bonds. The molecule has 0 radical (unpaired) electrons. The van der Waals surface area contributed by atoms with Crippen molar-refractivity contribution in [3.8, 4) is 102 Å². The van der Waals surface area contributed by atoms with Crippen LogP contribution in [-0.4, -0.2) is 48.2 Å². The predicted octanol–water partition coefficient (Wildman–Crippen LogP) is 25.6. The topological polar surface area (TPSA) is 145 Å². The third-order valence-corrected chi connectivity index (χ3v) is 22.8. The van der Waals surface area contributed by atoms with Gasteiger partial charge in [0.1, 0.15) is 23.3 Å². The molecule has 0 atom stereocenters. The highest BCUT2D eigenvalue weighted by molar-refractivity contribution is 6.14. The van der Waals surface area contributed by atoms with Gasteiger partial charge in [-0.25, -0.2) is 29.9 Å². The van der Waals surface area contributed by atoms with Crippen molar-refractivity contribution in [2.45, 2.75) is 83.1 Å². The van der Waals surface area contributed by atoms with Crippen molar-refractivity contribution < 1.29 is 0 Å². The summed E-state index contributed by atoms with van der Waals surface area (Å²) >= 11 is 0. The predicted molar refractivity (Wildman–Crippen MR) is 476 cm³/mol. The van der Waals surface area contributed by atoms with Crippen LogP contribution in [0.4, 0.5) is 0 Å². The van der Waals surface area contributed by atoms with E-state index in [9.17, 15) is 10.5 Å². The Labute approximate surface area is 672 Å². The van der Waals surface area contributed by atoms with Gasteiger partial charge in [0.05, 0.1) is 90.1 Å². The lowest BCUT2D eigenvalue weighted by atomic mass is 9.93. The fraction of sp³-hybridized carbons (Fsp3) is 0.115. The minimum atomic E-state index is 0.617. The maximum atomic E-state index is 10.2. The van der Waals surface area contributed by atoms with Crippen LogP contribution >= 0.6 is 0 Å². The molecule has 12 heteroatoms. The molecule has 0 aliphatic heterocycles. The number of rotatable bonds is 10. The van der Waals surface area contributed by atoms with Gasteiger partial charge in [-0.1, -0.05) is 160 Å². The van der Waals surface area contributed by atoms with Crippen LogP contribution in [0.15, 0.2) is 267 Å². The van der Waals surface area contributed by atoms with E-state index in [1.54, 1.807) is 0 Å². The zero-order valence-electron chi connectivity index (χ0n) is 66.8. The SMILES string of the molecule is Cc1ccc2c(c1)c1cc(C)ccc1n2-c1cc(-c2ccccc2C#N)ccc1-c1ccc(-n2c3ccc(C)cc3c3cc(C)ccc32)c(-c2nc(C)nc(C)n2)c1.Cc1ccc2c(c1)c1cc(C)ccc1n2-c1ccc(-c2ccccc2C#N)cc1-c1ccc(-n2c3ccc(C)cc3c3cc(C)ccc32)c(-c2nc(C)nc(C)n2)c1. The third-order valence-electron chi connectivity index (χ3n) is 22.8. The van der Waals surface area contributed by atoms with Gasteiger partial charge in [0.25, 0.3) is 0 Å². The van der Waals surface area contributed by atoms with Crippen molar-refractivity contribution >= 4 is 87.2 Å². The molecule has 0 saturated carbocycles. The first-order valence-corrected chi connectivity index (χ1v) is 39.3. The molecule has 6 heterocycles. The van der Waals surface area contributed by atoms with Gasteiger partial charge in [0.2, 0.25) is 0 Å². The summed E-state index contributed by atoms with van der Waals surface area (Å²) in [6.45, 7) is 24.9. The van der Waals surface area contributed by atoms with E-state index in [2.05, 4.69) is 314 Å². The second kappa shape index (κ2) is 28.2. The minimum Gasteiger partial charge on any atom is -0.309 e. The summed E-state index contributed by atoms with van der Waals surface area (Å²) in [4.78, 5) is 29.0. The molecule has 0 unspecified atom stereocenters. The zero-order chi connectivity index (χ0) is 79.6. The number of nitrogens with zero attached hydrogens (tertiary/aromatic N) is 12. The molecule has 556 valence electrons. The van der Waals surface area contributed by atoms with Crippen LogP contribution in [0.1, 0.15) is 78.9 Å². The maximum Gasteiger partial charge on any atom is 0.165 e. The number of nitriles is 2. The number of aryl methyl sites for hydroxylation is 12. The van der Waals surface area contributed by atoms with Crippen molar-refractivity contribution in [3.05, 3.63) is 346 Å². The summed E-state index contributed by atoms with van der Waals surface area (Å²) in [6, 6.07) is 101. The summed E-state index contributed by atoms with van der Waals surface area (Å²) in [5.74, 6) is 3.91. The van der Waals surface area contributed by atoms with Crippen LogP contribution in [0.5, 0.6) is 0 Å². The summed E-state index contributed by atoms with van der Waals surface area (Å²) in [6.07, 6.45) is 0. The van der Waals surface area contributed by atoms with Crippen molar-refractivity contribution in [2.24, 2.45) is 0 Å². The fourth-order valence-corrected chi connectivity index (χ4v) is 17.6. The first kappa shape index (κ1) is 71.6. The second-order valence-electron chi connectivity index (χ2n) is 31.3. The normalized spacial score (nSPS) is 11.6. The molecule has 0 fully saturated rings. The van der Waals surface area contributed by atoms with Gasteiger partial charge in [0.15, 0.2) is 11.6 Å². The Morgan fingerprint density at radius 3 is 0.750 bits per heavy atom. The van der Waals surface area contributed by atoms with E-state index >= 15 is 0 Å². The quantitative estimate of drug-likeness (QED) is 0.132. The summed E-state index contributed by atoms with van der Waals surface area (Å²) in [5, 5.41) is 30.0. The average Bonchev–Trinajstić information content (AvgIpc) is 1.57. The molecule has 12 nitrogen and oxygen atoms in total. The van der Waals surface area contributed by atoms with Gasteiger partial charge in [-0.05, 0) is 268 Å². The molecule has 116 heavy (non-hydrogen) atoms. The second-order valence-corrected chi connectivity index (χ2v) is 31.3.